The molecule has 4 rings (SSSR count). The van der Waals surface area contributed by atoms with Crippen molar-refractivity contribution in [2.75, 3.05) is 39.5 Å². The molecule has 1 aromatic rings. The van der Waals surface area contributed by atoms with Crippen LogP contribution in [0.4, 0.5) is 0 Å². The van der Waals surface area contributed by atoms with Crippen LogP contribution in [0, 0.1) is 6.92 Å². The monoisotopic (exact) mass is 630 g/mol. The SMILES string of the molecule is CCN(CC)C1CC=C(C2CC/C(=C/C=C\COCC(COS(=O)(=O)c3ccc(C)cc3)OC3CCCCO3)C(C)N2)CC1. The minimum atomic E-state index is -3.90. The molecule has 2 saturated heterocycles. The minimum absolute atomic E-state index is 0.129. The first-order valence-corrected chi connectivity index (χ1v) is 18.0. The molecule has 0 amide bonds. The molecular formula is C35H54N2O6S. The van der Waals surface area contributed by atoms with Crippen LogP contribution in [0.1, 0.15) is 77.7 Å². The highest BCUT2D eigenvalue weighted by molar-refractivity contribution is 7.86. The zero-order valence-electron chi connectivity index (χ0n) is 27.2. The Morgan fingerprint density at radius 1 is 1.07 bits per heavy atom. The van der Waals surface area contributed by atoms with Gasteiger partial charge in [0.2, 0.25) is 0 Å². The van der Waals surface area contributed by atoms with Crippen molar-refractivity contribution in [3.63, 3.8) is 0 Å². The van der Waals surface area contributed by atoms with Crippen molar-refractivity contribution in [2.45, 2.75) is 114 Å². The molecule has 44 heavy (non-hydrogen) atoms. The Labute approximate surface area is 266 Å². The van der Waals surface area contributed by atoms with Crippen LogP contribution in [0.3, 0.4) is 0 Å². The molecule has 8 nitrogen and oxygen atoms in total. The van der Waals surface area contributed by atoms with Crippen molar-refractivity contribution in [1.29, 1.82) is 0 Å². The molecule has 2 heterocycles. The van der Waals surface area contributed by atoms with E-state index in [0.29, 0.717) is 31.3 Å². The Morgan fingerprint density at radius 3 is 2.52 bits per heavy atom. The van der Waals surface area contributed by atoms with Gasteiger partial charge in [-0.2, -0.15) is 8.42 Å². The van der Waals surface area contributed by atoms with E-state index < -0.39 is 16.2 Å². The van der Waals surface area contributed by atoms with Gasteiger partial charge in [-0.05, 0) is 90.4 Å². The van der Waals surface area contributed by atoms with E-state index in [1.54, 1.807) is 29.8 Å². The van der Waals surface area contributed by atoms with E-state index in [4.69, 9.17) is 18.4 Å². The number of allylic oxidation sites excluding steroid dienone is 2. The lowest BCUT2D eigenvalue weighted by Gasteiger charge is -2.37. The highest BCUT2D eigenvalue weighted by Crippen LogP contribution is 2.30. The summed E-state index contributed by atoms with van der Waals surface area (Å²) in [5, 5.41) is 3.85. The number of hydrogen-bond acceptors (Lipinski definition) is 8. The smallest absolute Gasteiger partial charge is 0.297 e. The quantitative estimate of drug-likeness (QED) is 0.142. The first kappa shape index (κ1) is 35.0. The van der Waals surface area contributed by atoms with Crippen molar-refractivity contribution >= 4 is 10.1 Å². The molecular weight excluding hydrogens is 576 g/mol. The highest BCUT2D eigenvalue weighted by atomic mass is 32.2. The molecule has 1 aliphatic carbocycles. The average Bonchev–Trinajstić information content (AvgIpc) is 3.03. The van der Waals surface area contributed by atoms with Crippen LogP contribution < -0.4 is 5.32 Å². The molecule has 5 unspecified atom stereocenters. The van der Waals surface area contributed by atoms with Crippen molar-refractivity contribution in [2.24, 2.45) is 0 Å². The van der Waals surface area contributed by atoms with Gasteiger partial charge >= 0.3 is 0 Å². The molecule has 5 atom stereocenters. The zero-order chi connectivity index (χ0) is 31.4. The van der Waals surface area contributed by atoms with Gasteiger partial charge in [0.25, 0.3) is 10.1 Å². The van der Waals surface area contributed by atoms with Gasteiger partial charge in [-0.3, -0.25) is 4.18 Å². The van der Waals surface area contributed by atoms with Gasteiger partial charge in [0.1, 0.15) is 6.10 Å². The average molecular weight is 631 g/mol. The lowest BCUT2D eigenvalue weighted by atomic mass is 9.84. The summed E-state index contributed by atoms with van der Waals surface area (Å²) in [5.74, 6) is 0. The third-order valence-corrected chi connectivity index (χ3v) is 10.4. The Morgan fingerprint density at radius 2 is 1.86 bits per heavy atom. The summed E-state index contributed by atoms with van der Waals surface area (Å²) < 4.78 is 48.5. The van der Waals surface area contributed by atoms with Crippen molar-refractivity contribution < 1.29 is 26.8 Å². The van der Waals surface area contributed by atoms with Crippen LogP contribution >= 0.6 is 0 Å². The lowest BCUT2D eigenvalue weighted by Crippen LogP contribution is -2.44. The van der Waals surface area contributed by atoms with Crippen molar-refractivity contribution in [3.05, 3.63) is 65.3 Å². The maximum atomic E-state index is 12.7. The molecule has 0 saturated carbocycles. The van der Waals surface area contributed by atoms with Crippen LogP contribution in [0.5, 0.6) is 0 Å². The predicted molar refractivity (Wildman–Crippen MR) is 175 cm³/mol. The fourth-order valence-electron chi connectivity index (χ4n) is 6.38. The van der Waals surface area contributed by atoms with E-state index in [9.17, 15) is 8.42 Å². The van der Waals surface area contributed by atoms with Crippen LogP contribution in [0.25, 0.3) is 0 Å². The largest absolute Gasteiger partial charge is 0.375 e. The molecule has 9 heteroatoms. The van der Waals surface area contributed by atoms with Gasteiger partial charge in [0.05, 0.1) is 24.7 Å². The Hall–Kier alpha value is -1.85. The maximum Gasteiger partial charge on any atom is 0.297 e. The summed E-state index contributed by atoms with van der Waals surface area (Å²) in [6.45, 7) is 12.1. The molecule has 246 valence electrons. The maximum absolute atomic E-state index is 12.7. The number of aryl methyl sites for hydroxylation is 1. The molecule has 3 aliphatic rings. The van der Waals surface area contributed by atoms with Crippen molar-refractivity contribution in [1.82, 2.24) is 10.2 Å². The van der Waals surface area contributed by atoms with Crippen molar-refractivity contribution in [3.8, 4) is 0 Å². The number of nitrogens with one attached hydrogen (secondary N) is 1. The molecule has 2 aliphatic heterocycles. The number of hydrogen-bond donors (Lipinski definition) is 1. The third-order valence-electron chi connectivity index (χ3n) is 9.09. The van der Waals surface area contributed by atoms with E-state index in [0.717, 1.165) is 50.8 Å². The number of piperidine rings is 1. The van der Waals surface area contributed by atoms with E-state index in [2.05, 4.69) is 49.2 Å². The Kier molecular flexibility index (Phi) is 14.1. The number of rotatable bonds is 15. The number of nitrogens with zero attached hydrogens (tertiary/aromatic N) is 1. The summed E-state index contributed by atoms with van der Waals surface area (Å²) in [5.41, 5.74) is 3.98. The second-order valence-electron chi connectivity index (χ2n) is 12.2. The molecule has 1 aromatic carbocycles. The van der Waals surface area contributed by atoms with E-state index in [1.807, 2.05) is 13.0 Å². The second-order valence-corrected chi connectivity index (χ2v) is 13.8. The Balaban J connectivity index is 1.22. The summed E-state index contributed by atoms with van der Waals surface area (Å²) in [4.78, 5) is 2.72. The normalized spacial score (nSPS) is 26.8. The lowest BCUT2D eigenvalue weighted by molar-refractivity contribution is -0.202. The van der Waals surface area contributed by atoms with Gasteiger partial charge < -0.3 is 24.4 Å². The molecule has 1 N–H and O–H groups in total. The first-order chi connectivity index (χ1) is 21.3. The first-order valence-electron chi connectivity index (χ1n) is 16.6. The van der Waals surface area contributed by atoms with Crippen LogP contribution in [-0.4, -0.2) is 83.4 Å². The second kappa shape index (κ2) is 17.7. The molecule has 2 fully saturated rings. The third kappa shape index (κ3) is 10.6. The van der Waals surface area contributed by atoms with E-state index in [-0.39, 0.29) is 24.4 Å². The fraction of sp³-hybridized carbons (Fsp3) is 0.657. The number of benzene rings is 1. The summed E-state index contributed by atoms with van der Waals surface area (Å²) in [6.07, 6.45) is 16.4. The zero-order valence-corrected chi connectivity index (χ0v) is 28.0. The van der Waals surface area contributed by atoms with Crippen LogP contribution in [0.15, 0.2) is 64.6 Å². The topological polar surface area (TPSA) is 86.3 Å². The molecule has 0 spiro atoms. The van der Waals surface area contributed by atoms with E-state index in [1.165, 1.54) is 24.8 Å². The standard InChI is InChI=1S/C35H54N2O6S/c1-5-37(6-2)31-18-15-30(16-19-31)34-22-17-29(28(4)36-34)11-7-9-23-40-25-32(43-35-12-8-10-24-41-35)26-42-44(38,39)33-20-13-27(3)14-21-33/h7,9,11,13-15,20-21,28,31-32,34-36H,5-6,8,10,12,16-19,22-26H2,1-4H3/b9-7-,29-11-. The molecule has 0 bridgehead atoms. The summed E-state index contributed by atoms with van der Waals surface area (Å²) >= 11 is 0. The van der Waals surface area contributed by atoms with Crippen LogP contribution in [-0.2, 0) is 28.5 Å². The number of ether oxygens (including phenoxy) is 3. The van der Waals surface area contributed by atoms with Gasteiger partial charge in [-0.15, -0.1) is 0 Å². The van der Waals surface area contributed by atoms with Gasteiger partial charge in [0, 0.05) is 24.7 Å². The highest BCUT2D eigenvalue weighted by Gasteiger charge is 2.28. The Bertz CT molecular complexity index is 1200. The molecule has 0 radical (unpaired) electrons. The van der Waals surface area contributed by atoms with E-state index >= 15 is 0 Å². The minimum Gasteiger partial charge on any atom is -0.375 e. The van der Waals surface area contributed by atoms with Crippen LogP contribution in [0.2, 0.25) is 0 Å². The molecule has 0 aromatic heterocycles. The van der Waals surface area contributed by atoms with Gasteiger partial charge in [0.15, 0.2) is 6.29 Å². The van der Waals surface area contributed by atoms with Gasteiger partial charge in [-0.1, -0.05) is 67.0 Å². The van der Waals surface area contributed by atoms with Gasteiger partial charge in [-0.25, -0.2) is 0 Å². The fourth-order valence-corrected chi connectivity index (χ4v) is 7.32. The summed E-state index contributed by atoms with van der Waals surface area (Å²) in [6, 6.07) is 8.13. The predicted octanol–water partition coefficient (Wildman–Crippen LogP) is 6.07. The summed E-state index contributed by atoms with van der Waals surface area (Å²) in [7, 11) is -3.90.